The number of nitrogens with two attached hydrogens (primary N) is 1. The van der Waals surface area contributed by atoms with Gasteiger partial charge in [-0.05, 0) is 62.2 Å². The minimum Gasteiger partial charge on any atom is -0.384 e. The number of nitrogen functional groups attached to an aromatic ring is 1. The topological polar surface area (TPSA) is 43.8 Å². The fourth-order valence-electron chi connectivity index (χ4n) is 5.65. The first-order valence-corrected chi connectivity index (χ1v) is 8.48. The summed E-state index contributed by atoms with van der Waals surface area (Å²) in [5.74, 6) is 6.75. The third kappa shape index (κ3) is 1.74. The van der Waals surface area contributed by atoms with Gasteiger partial charge in [-0.1, -0.05) is 13.3 Å². The lowest BCUT2D eigenvalue weighted by molar-refractivity contribution is -0.00645. The Morgan fingerprint density at radius 2 is 1.70 bits per heavy atom. The van der Waals surface area contributed by atoms with Gasteiger partial charge in [0.1, 0.15) is 11.6 Å². The molecule has 20 heavy (non-hydrogen) atoms. The molecule has 0 amide bonds. The van der Waals surface area contributed by atoms with Gasteiger partial charge in [0.25, 0.3) is 0 Å². The van der Waals surface area contributed by atoms with Gasteiger partial charge in [0.2, 0.25) is 0 Å². The van der Waals surface area contributed by atoms with Crippen LogP contribution in [0.1, 0.15) is 62.9 Å². The molecule has 0 saturated heterocycles. The van der Waals surface area contributed by atoms with Gasteiger partial charge in [0.05, 0.1) is 5.69 Å². The standard InChI is InChI=1S/C17H27N3/c1-3-4-14-16(18)20(2)17(19-14)15-12-6-10-5-11(8-12)9-13(15)7-10/h10-13,15H,3-9,18H2,1-2H3. The van der Waals surface area contributed by atoms with Gasteiger partial charge in [-0.15, -0.1) is 0 Å². The highest BCUT2D eigenvalue weighted by molar-refractivity contribution is 5.39. The Morgan fingerprint density at radius 3 is 2.25 bits per heavy atom. The number of aryl methyl sites for hydroxylation is 1. The highest BCUT2D eigenvalue weighted by Crippen LogP contribution is 2.59. The van der Waals surface area contributed by atoms with Crippen LogP contribution in [-0.2, 0) is 13.5 Å². The SMILES string of the molecule is CCCc1nc(C2C3CC4CC(C3)CC2C4)n(C)c1N. The molecule has 0 aromatic carbocycles. The van der Waals surface area contributed by atoms with Crippen LogP contribution in [0, 0.1) is 23.7 Å². The predicted molar refractivity (Wildman–Crippen MR) is 81.4 cm³/mol. The van der Waals surface area contributed by atoms with Crippen molar-refractivity contribution in [3.63, 3.8) is 0 Å². The van der Waals surface area contributed by atoms with E-state index in [2.05, 4.69) is 18.5 Å². The lowest BCUT2D eigenvalue weighted by Gasteiger charge is -2.54. The molecule has 0 spiro atoms. The normalized spacial score (nSPS) is 38.6. The minimum absolute atomic E-state index is 0.695. The molecule has 4 aliphatic carbocycles. The Hall–Kier alpha value is -0.990. The summed E-state index contributed by atoms with van der Waals surface area (Å²) in [6, 6.07) is 0. The summed E-state index contributed by atoms with van der Waals surface area (Å²) >= 11 is 0. The molecule has 4 aliphatic rings. The van der Waals surface area contributed by atoms with Crippen molar-refractivity contribution < 1.29 is 0 Å². The summed E-state index contributed by atoms with van der Waals surface area (Å²) < 4.78 is 2.21. The van der Waals surface area contributed by atoms with Gasteiger partial charge >= 0.3 is 0 Å². The number of anilines is 1. The predicted octanol–water partition coefficient (Wildman–Crippen LogP) is 3.49. The Kier molecular flexibility index (Phi) is 2.87. The molecule has 4 bridgehead atoms. The summed E-state index contributed by atoms with van der Waals surface area (Å²) in [6.45, 7) is 2.21. The molecule has 0 unspecified atom stereocenters. The van der Waals surface area contributed by atoms with E-state index < -0.39 is 0 Å². The smallest absolute Gasteiger partial charge is 0.126 e. The molecule has 0 aliphatic heterocycles. The summed E-state index contributed by atoms with van der Waals surface area (Å²) in [5.41, 5.74) is 7.42. The van der Waals surface area contributed by atoms with E-state index in [1.165, 1.54) is 37.9 Å². The van der Waals surface area contributed by atoms with E-state index in [1.54, 1.807) is 0 Å². The second kappa shape index (κ2) is 4.51. The van der Waals surface area contributed by atoms with Crippen LogP contribution < -0.4 is 5.73 Å². The van der Waals surface area contributed by atoms with Gasteiger partial charge in [0, 0.05) is 13.0 Å². The molecule has 4 fully saturated rings. The van der Waals surface area contributed by atoms with Crippen LogP contribution in [0.4, 0.5) is 5.82 Å². The largest absolute Gasteiger partial charge is 0.384 e. The van der Waals surface area contributed by atoms with Gasteiger partial charge in [-0.25, -0.2) is 4.98 Å². The van der Waals surface area contributed by atoms with Gasteiger partial charge in [-0.2, -0.15) is 0 Å². The molecule has 2 N–H and O–H groups in total. The maximum absolute atomic E-state index is 6.28. The fourth-order valence-corrected chi connectivity index (χ4v) is 5.65. The second-order valence-corrected chi connectivity index (χ2v) is 7.57. The van der Waals surface area contributed by atoms with Crippen molar-refractivity contribution in [3.05, 3.63) is 11.5 Å². The van der Waals surface area contributed by atoms with Crippen LogP contribution in [0.3, 0.4) is 0 Å². The first-order valence-electron chi connectivity index (χ1n) is 8.48. The summed E-state index contributed by atoms with van der Waals surface area (Å²) in [4.78, 5) is 4.98. The zero-order chi connectivity index (χ0) is 13.9. The van der Waals surface area contributed by atoms with Crippen LogP contribution >= 0.6 is 0 Å². The molecule has 5 rings (SSSR count). The van der Waals surface area contributed by atoms with E-state index >= 15 is 0 Å². The van der Waals surface area contributed by atoms with E-state index in [4.69, 9.17) is 10.7 Å². The highest BCUT2D eigenvalue weighted by atomic mass is 15.1. The van der Waals surface area contributed by atoms with Crippen LogP contribution in [0.15, 0.2) is 0 Å². The number of hydrogen-bond acceptors (Lipinski definition) is 2. The number of aromatic nitrogens is 2. The number of nitrogens with zero attached hydrogens (tertiary/aromatic N) is 2. The van der Waals surface area contributed by atoms with Crippen molar-refractivity contribution in [1.29, 1.82) is 0 Å². The molecule has 110 valence electrons. The lowest BCUT2D eigenvalue weighted by Crippen LogP contribution is -2.44. The molecule has 1 heterocycles. The molecule has 1 aromatic rings. The van der Waals surface area contributed by atoms with E-state index in [-0.39, 0.29) is 0 Å². The Morgan fingerprint density at radius 1 is 1.10 bits per heavy atom. The minimum atomic E-state index is 0.695. The zero-order valence-electron chi connectivity index (χ0n) is 12.8. The van der Waals surface area contributed by atoms with Crippen LogP contribution in [0.25, 0.3) is 0 Å². The molecular formula is C17H27N3. The second-order valence-electron chi connectivity index (χ2n) is 7.57. The third-order valence-corrected chi connectivity index (χ3v) is 6.26. The summed E-state index contributed by atoms with van der Waals surface area (Å²) in [5, 5.41) is 0. The maximum atomic E-state index is 6.28. The number of hydrogen-bond donors (Lipinski definition) is 1. The monoisotopic (exact) mass is 273 g/mol. The average molecular weight is 273 g/mol. The highest BCUT2D eigenvalue weighted by Gasteiger charge is 2.50. The van der Waals surface area contributed by atoms with E-state index in [0.29, 0.717) is 5.92 Å². The van der Waals surface area contributed by atoms with Gasteiger partial charge in [0.15, 0.2) is 0 Å². The fraction of sp³-hybridized carbons (Fsp3) is 0.824. The Labute approximate surface area is 122 Å². The van der Waals surface area contributed by atoms with Crippen molar-refractivity contribution in [2.24, 2.45) is 30.7 Å². The van der Waals surface area contributed by atoms with Crippen LogP contribution in [0.2, 0.25) is 0 Å². The first kappa shape index (κ1) is 12.7. The number of imidazole rings is 1. The van der Waals surface area contributed by atoms with E-state index in [9.17, 15) is 0 Å². The first-order chi connectivity index (χ1) is 9.67. The van der Waals surface area contributed by atoms with Crippen LogP contribution in [0.5, 0.6) is 0 Å². The van der Waals surface area contributed by atoms with E-state index in [0.717, 1.165) is 48.0 Å². The zero-order valence-corrected chi connectivity index (χ0v) is 12.8. The molecule has 3 heteroatoms. The van der Waals surface area contributed by atoms with Crippen molar-refractivity contribution in [2.45, 2.75) is 57.8 Å². The molecule has 0 radical (unpaired) electrons. The Bertz CT molecular complexity index is 489. The summed E-state index contributed by atoms with van der Waals surface area (Å²) in [7, 11) is 2.13. The van der Waals surface area contributed by atoms with Crippen molar-refractivity contribution >= 4 is 5.82 Å². The quantitative estimate of drug-likeness (QED) is 0.916. The van der Waals surface area contributed by atoms with Crippen LogP contribution in [-0.4, -0.2) is 9.55 Å². The van der Waals surface area contributed by atoms with Crippen molar-refractivity contribution in [1.82, 2.24) is 9.55 Å². The van der Waals surface area contributed by atoms with E-state index in [1.807, 2.05) is 0 Å². The molecule has 0 atom stereocenters. The van der Waals surface area contributed by atoms with Crippen molar-refractivity contribution in [2.75, 3.05) is 5.73 Å². The molecule has 1 aromatic heterocycles. The summed E-state index contributed by atoms with van der Waals surface area (Å²) in [6.07, 6.45) is 9.47. The third-order valence-electron chi connectivity index (χ3n) is 6.26. The Balaban J connectivity index is 1.69. The van der Waals surface area contributed by atoms with Gasteiger partial charge in [-0.3, -0.25) is 0 Å². The molecular weight excluding hydrogens is 246 g/mol. The maximum Gasteiger partial charge on any atom is 0.126 e. The molecule has 3 nitrogen and oxygen atoms in total. The average Bonchev–Trinajstić information content (AvgIpc) is 2.67. The lowest BCUT2D eigenvalue weighted by atomic mass is 9.51. The van der Waals surface area contributed by atoms with Gasteiger partial charge < -0.3 is 10.3 Å². The molecule has 4 saturated carbocycles. The number of rotatable bonds is 3. The van der Waals surface area contributed by atoms with Crippen molar-refractivity contribution in [3.8, 4) is 0 Å².